The highest BCUT2D eigenvalue weighted by molar-refractivity contribution is 4.85. The number of hydrogen-bond acceptors (Lipinski definition) is 2. The molecule has 2 heteroatoms. The molecule has 0 bridgehead atoms. The quantitative estimate of drug-likeness (QED) is 0.627. The van der Waals surface area contributed by atoms with Gasteiger partial charge in [-0.3, -0.25) is 0 Å². The molecule has 0 amide bonds. The highest BCUT2D eigenvalue weighted by Gasteiger charge is 2.37. The zero-order valence-corrected chi connectivity index (χ0v) is 6.76. The van der Waals surface area contributed by atoms with Gasteiger partial charge in [-0.15, -0.1) is 0 Å². The minimum absolute atomic E-state index is 0.0694. The van der Waals surface area contributed by atoms with Crippen LogP contribution in [0.25, 0.3) is 0 Å². The Bertz CT molecular complexity index is 104. The van der Waals surface area contributed by atoms with E-state index in [2.05, 4.69) is 13.8 Å². The van der Waals surface area contributed by atoms with Crippen LogP contribution in [-0.4, -0.2) is 24.9 Å². The molecule has 1 rings (SSSR count). The van der Waals surface area contributed by atoms with Gasteiger partial charge in [0.05, 0.1) is 13.2 Å². The number of rotatable bonds is 2. The molecule has 10 heavy (non-hydrogen) atoms. The molecule has 1 aliphatic rings. The van der Waals surface area contributed by atoms with Crippen molar-refractivity contribution in [3.05, 3.63) is 0 Å². The van der Waals surface area contributed by atoms with Crippen molar-refractivity contribution in [1.82, 2.24) is 0 Å². The van der Waals surface area contributed by atoms with E-state index in [1.807, 2.05) is 0 Å². The molecule has 60 valence electrons. The lowest BCUT2D eigenvalue weighted by Crippen LogP contribution is -2.31. The number of ether oxygens (including phenoxy) is 1. The van der Waals surface area contributed by atoms with Gasteiger partial charge >= 0.3 is 0 Å². The minimum atomic E-state index is 0.0694. The van der Waals surface area contributed by atoms with Crippen molar-refractivity contribution in [2.75, 3.05) is 19.8 Å². The van der Waals surface area contributed by atoms with Crippen molar-refractivity contribution >= 4 is 0 Å². The molecule has 1 aliphatic heterocycles. The monoisotopic (exact) mass is 144 g/mol. The molecule has 1 heterocycles. The number of hydrogen-bond donors (Lipinski definition) is 1. The average Bonchev–Trinajstić information content (AvgIpc) is 2.35. The van der Waals surface area contributed by atoms with Gasteiger partial charge < -0.3 is 9.84 Å². The van der Waals surface area contributed by atoms with Crippen molar-refractivity contribution < 1.29 is 9.84 Å². The van der Waals surface area contributed by atoms with Crippen molar-refractivity contribution in [3.63, 3.8) is 0 Å². The number of aliphatic hydroxyl groups is 1. The first kappa shape index (κ1) is 8.02. The minimum Gasteiger partial charge on any atom is -0.396 e. The summed E-state index contributed by atoms with van der Waals surface area (Å²) in [5.41, 5.74) is 0.0694. The Morgan fingerprint density at radius 2 is 2.30 bits per heavy atom. The van der Waals surface area contributed by atoms with Gasteiger partial charge in [0.25, 0.3) is 0 Å². The Balaban J connectivity index is 2.58. The molecular weight excluding hydrogens is 128 g/mol. The fourth-order valence-electron chi connectivity index (χ4n) is 1.39. The van der Waals surface area contributed by atoms with E-state index in [0.29, 0.717) is 5.92 Å². The predicted molar refractivity (Wildman–Crippen MR) is 39.8 cm³/mol. The summed E-state index contributed by atoms with van der Waals surface area (Å²) >= 11 is 0. The standard InChI is InChI=1S/C8H16O2/c1-7(2)8(5-9)3-4-10-6-8/h7,9H,3-6H2,1-2H3. The zero-order chi connectivity index (χ0) is 7.61. The molecule has 0 aromatic carbocycles. The summed E-state index contributed by atoms with van der Waals surface area (Å²) in [6.45, 7) is 6.11. The maximum atomic E-state index is 9.11. The van der Waals surface area contributed by atoms with Crippen LogP contribution in [0.3, 0.4) is 0 Å². The summed E-state index contributed by atoms with van der Waals surface area (Å²) in [5, 5.41) is 9.11. The van der Waals surface area contributed by atoms with E-state index in [1.165, 1.54) is 0 Å². The molecule has 0 aliphatic carbocycles. The van der Waals surface area contributed by atoms with Crippen LogP contribution in [0, 0.1) is 11.3 Å². The lowest BCUT2D eigenvalue weighted by atomic mass is 9.77. The average molecular weight is 144 g/mol. The maximum Gasteiger partial charge on any atom is 0.0547 e. The van der Waals surface area contributed by atoms with E-state index in [-0.39, 0.29) is 12.0 Å². The summed E-state index contributed by atoms with van der Waals surface area (Å²) in [7, 11) is 0. The first-order valence-corrected chi connectivity index (χ1v) is 3.90. The summed E-state index contributed by atoms with van der Waals surface area (Å²) in [4.78, 5) is 0. The van der Waals surface area contributed by atoms with Crippen LogP contribution in [0.2, 0.25) is 0 Å². The van der Waals surface area contributed by atoms with Gasteiger partial charge in [0.2, 0.25) is 0 Å². The lowest BCUT2D eigenvalue weighted by Gasteiger charge is -2.28. The van der Waals surface area contributed by atoms with Gasteiger partial charge in [0.15, 0.2) is 0 Å². The smallest absolute Gasteiger partial charge is 0.0547 e. The van der Waals surface area contributed by atoms with Gasteiger partial charge in [0, 0.05) is 12.0 Å². The summed E-state index contributed by atoms with van der Waals surface area (Å²) < 4.78 is 5.25. The SMILES string of the molecule is CC(C)C1(CO)CCOC1. The molecule has 1 unspecified atom stereocenters. The van der Waals surface area contributed by atoms with E-state index < -0.39 is 0 Å². The molecule has 0 saturated carbocycles. The van der Waals surface area contributed by atoms with Crippen LogP contribution in [0.15, 0.2) is 0 Å². The van der Waals surface area contributed by atoms with E-state index >= 15 is 0 Å². The van der Waals surface area contributed by atoms with Gasteiger partial charge in [-0.25, -0.2) is 0 Å². The topological polar surface area (TPSA) is 29.5 Å². The van der Waals surface area contributed by atoms with Crippen molar-refractivity contribution in [3.8, 4) is 0 Å². The van der Waals surface area contributed by atoms with E-state index in [0.717, 1.165) is 19.6 Å². The third-order valence-electron chi connectivity index (χ3n) is 2.67. The van der Waals surface area contributed by atoms with Gasteiger partial charge in [-0.2, -0.15) is 0 Å². The molecule has 0 aromatic heterocycles. The molecular formula is C8H16O2. The molecule has 0 radical (unpaired) electrons. The highest BCUT2D eigenvalue weighted by atomic mass is 16.5. The third-order valence-corrected chi connectivity index (χ3v) is 2.67. The van der Waals surface area contributed by atoms with Crippen molar-refractivity contribution in [2.45, 2.75) is 20.3 Å². The zero-order valence-electron chi connectivity index (χ0n) is 6.76. The first-order valence-electron chi connectivity index (χ1n) is 3.90. The van der Waals surface area contributed by atoms with Gasteiger partial charge in [-0.05, 0) is 12.3 Å². The molecule has 1 atom stereocenters. The van der Waals surface area contributed by atoms with E-state index in [1.54, 1.807) is 0 Å². The van der Waals surface area contributed by atoms with Crippen LogP contribution in [0.5, 0.6) is 0 Å². The normalized spacial score (nSPS) is 33.6. The van der Waals surface area contributed by atoms with Crippen LogP contribution in [0.4, 0.5) is 0 Å². The molecule has 1 fully saturated rings. The molecule has 0 spiro atoms. The van der Waals surface area contributed by atoms with Crippen LogP contribution >= 0.6 is 0 Å². The van der Waals surface area contributed by atoms with Gasteiger partial charge in [-0.1, -0.05) is 13.8 Å². The lowest BCUT2D eigenvalue weighted by molar-refractivity contribution is 0.0569. The Hall–Kier alpha value is -0.0800. The predicted octanol–water partition coefficient (Wildman–Crippen LogP) is 1.04. The second-order valence-electron chi connectivity index (χ2n) is 3.48. The Morgan fingerprint density at radius 1 is 1.60 bits per heavy atom. The fraction of sp³-hybridized carbons (Fsp3) is 1.00. The van der Waals surface area contributed by atoms with E-state index in [4.69, 9.17) is 9.84 Å². The third kappa shape index (κ3) is 1.18. The fourth-order valence-corrected chi connectivity index (χ4v) is 1.39. The molecule has 1 N–H and O–H groups in total. The highest BCUT2D eigenvalue weighted by Crippen LogP contribution is 2.35. The number of aliphatic hydroxyl groups excluding tert-OH is 1. The second kappa shape index (κ2) is 2.89. The van der Waals surface area contributed by atoms with Gasteiger partial charge in [0.1, 0.15) is 0 Å². The Kier molecular flexibility index (Phi) is 2.32. The Labute approximate surface area is 62.2 Å². The maximum absolute atomic E-state index is 9.11. The van der Waals surface area contributed by atoms with E-state index in [9.17, 15) is 0 Å². The molecule has 1 saturated heterocycles. The van der Waals surface area contributed by atoms with Crippen LogP contribution < -0.4 is 0 Å². The summed E-state index contributed by atoms with van der Waals surface area (Å²) in [6, 6.07) is 0. The largest absolute Gasteiger partial charge is 0.396 e. The van der Waals surface area contributed by atoms with Crippen LogP contribution in [-0.2, 0) is 4.74 Å². The molecule has 2 nitrogen and oxygen atoms in total. The first-order chi connectivity index (χ1) is 4.71. The second-order valence-corrected chi connectivity index (χ2v) is 3.48. The summed E-state index contributed by atoms with van der Waals surface area (Å²) in [5.74, 6) is 0.528. The van der Waals surface area contributed by atoms with Crippen molar-refractivity contribution in [2.24, 2.45) is 11.3 Å². The molecule has 0 aromatic rings. The Morgan fingerprint density at radius 3 is 2.50 bits per heavy atom. The summed E-state index contributed by atoms with van der Waals surface area (Å²) in [6.07, 6.45) is 1.02. The van der Waals surface area contributed by atoms with Crippen molar-refractivity contribution in [1.29, 1.82) is 0 Å². The van der Waals surface area contributed by atoms with Crippen LogP contribution in [0.1, 0.15) is 20.3 Å².